The summed E-state index contributed by atoms with van der Waals surface area (Å²) in [5, 5.41) is 3.30. The van der Waals surface area contributed by atoms with Gasteiger partial charge in [-0.2, -0.15) is 0 Å². The second-order valence-electron chi connectivity index (χ2n) is 3.92. The molecule has 16 heavy (non-hydrogen) atoms. The van der Waals surface area contributed by atoms with Crippen molar-refractivity contribution in [3.05, 3.63) is 42.6 Å². The van der Waals surface area contributed by atoms with Crippen LogP contribution >= 0.6 is 0 Å². The highest BCUT2D eigenvalue weighted by Gasteiger charge is 2.00. The Morgan fingerprint density at radius 2 is 1.56 bits per heavy atom. The fraction of sp³-hybridized carbons (Fsp3) is 0. The van der Waals surface area contributed by atoms with Crippen molar-refractivity contribution in [2.24, 2.45) is 0 Å². The van der Waals surface area contributed by atoms with Crippen LogP contribution in [0.15, 0.2) is 42.6 Å². The van der Waals surface area contributed by atoms with Crippen molar-refractivity contribution in [2.75, 3.05) is 11.5 Å². The first-order valence-electron chi connectivity index (χ1n) is 5.07. The quantitative estimate of drug-likeness (QED) is 0.441. The molecule has 3 rings (SSSR count). The highest BCUT2D eigenvalue weighted by atomic mass is 14.7. The van der Waals surface area contributed by atoms with Gasteiger partial charge in [0.2, 0.25) is 0 Å². The van der Waals surface area contributed by atoms with E-state index in [4.69, 9.17) is 11.5 Å². The lowest BCUT2D eigenvalue weighted by atomic mass is 10.1. The van der Waals surface area contributed by atoms with Crippen LogP contribution in [0.25, 0.3) is 21.7 Å². The number of hydrogen-bond donors (Lipinski definition) is 2. The first kappa shape index (κ1) is 8.97. The van der Waals surface area contributed by atoms with Gasteiger partial charge < -0.3 is 11.5 Å². The molecule has 0 amide bonds. The minimum Gasteiger partial charge on any atom is -0.399 e. The zero-order valence-corrected chi connectivity index (χ0v) is 8.64. The molecule has 4 N–H and O–H groups in total. The maximum atomic E-state index is 5.75. The predicted octanol–water partition coefficient (Wildman–Crippen LogP) is 2.55. The largest absolute Gasteiger partial charge is 0.399 e. The Balaban J connectivity index is 2.44. The highest BCUT2D eigenvalue weighted by Crippen LogP contribution is 2.24. The number of benzene rings is 2. The van der Waals surface area contributed by atoms with E-state index in [1.165, 1.54) is 0 Å². The SMILES string of the molecule is Nc1ccc2cc3cc(N)cnc3cc2c1. The van der Waals surface area contributed by atoms with Crippen molar-refractivity contribution in [1.82, 2.24) is 4.98 Å². The minimum atomic E-state index is 0.683. The van der Waals surface area contributed by atoms with Gasteiger partial charge in [0, 0.05) is 11.1 Å². The van der Waals surface area contributed by atoms with E-state index >= 15 is 0 Å². The molecular formula is C13H11N3. The van der Waals surface area contributed by atoms with Crippen LogP contribution in [-0.4, -0.2) is 4.98 Å². The molecule has 0 saturated heterocycles. The third-order valence-corrected chi connectivity index (χ3v) is 2.68. The summed E-state index contributed by atoms with van der Waals surface area (Å²) in [5.41, 5.74) is 13.8. The van der Waals surface area contributed by atoms with Crippen LogP contribution in [0.5, 0.6) is 0 Å². The van der Waals surface area contributed by atoms with Gasteiger partial charge in [0.1, 0.15) is 0 Å². The number of hydrogen-bond acceptors (Lipinski definition) is 3. The second-order valence-corrected chi connectivity index (χ2v) is 3.92. The van der Waals surface area contributed by atoms with Crippen molar-refractivity contribution in [1.29, 1.82) is 0 Å². The summed E-state index contributed by atoms with van der Waals surface area (Å²) in [6.45, 7) is 0. The highest BCUT2D eigenvalue weighted by molar-refractivity contribution is 5.98. The summed E-state index contributed by atoms with van der Waals surface area (Å²) in [7, 11) is 0. The van der Waals surface area contributed by atoms with E-state index in [1.54, 1.807) is 6.20 Å². The van der Waals surface area contributed by atoms with Gasteiger partial charge in [-0.1, -0.05) is 6.07 Å². The van der Waals surface area contributed by atoms with Crippen LogP contribution in [0.3, 0.4) is 0 Å². The van der Waals surface area contributed by atoms with Crippen molar-refractivity contribution >= 4 is 33.1 Å². The van der Waals surface area contributed by atoms with Crippen LogP contribution in [0.1, 0.15) is 0 Å². The van der Waals surface area contributed by atoms with Gasteiger partial charge in [-0.3, -0.25) is 4.98 Å². The topological polar surface area (TPSA) is 64.9 Å². The fourth-order valence-corrected chi connectivity index (χ4v) is 1.91. The van der Waals surface area contributed by atoms with E-state index in [2.05, 4.69) is 11.1 Å². The van der Waals surface area contributed by atoms with Gasteiger partial charge >= 0.3 is 0 Å². The number of pyridine rings is 1. The Hall–Kier alpha value is -2.29. The van der Waals surface area contributed by atoms with E-state index < -0.39 is 0 Å². The number of fused-ring (bicyclic) bond motifs is 2. The molecule has 78 valence electrons. The van der Waals surface area contributed by atoms with E-state index in [-0.39, 0.29) is 0 Å². The Morgan fingerprint density at radius 1 is 0.750 bits per heavy atom. The molecular weight excluding hydrogens is 198 g/mol. The average Bonchev–Trinajstić information content (AvgIpc) is 2.26. The third kappa shape index (κ3) is 1.34. The van der Waals surface area contributed by atoms with Crippen molar-refractivity contribution in [2.45, 2.75) is 0 Å². The van der Waals surface area contributed by atoms with Crippen LogP contribution < -0.4 is 11.5 Å². The molecule has 0 radical (unpaired) electrons. The molecule has 2 aromatic carbocycles. The Kier molecular flexibility index (Phi) is 1.74. The third-order valence-electron chi connectivity index (χ3n) is 2.68. The smallest absolute Gasteiger partial charge is 0.0710 e. The maximum Gasteiger partial charge on any atom is 0.0710 e. The molecule has 0 unspecified atom stereocenters. The molecule has 0 aliphatic carbocycles. The first-order valence-corrected chi connectivity index (χ1v) is 5.07. The predicted molar refractivity (Wildman–Crippen MR) is 68.1 cm³/mol. The number of aromatic nitrogens is 1. The maximum absolute atomic E-state index is 5.75. The zero-order chi connectivity index (χ0) is 11.1. The van der Waals surface area contributed by atoms with Crippen LogP contribution in [0.2, 0.25) is 0 Å². The van der Waals surface area contributed by atoms with E-state index in [0.717, 1.165) is 27.4 Å². The average molecular weight is 209 g/mol. The lowest BCUT2D eigenvalue weighted by molar-refractivity contribution is 1.42. The van der Waals surface area contributed by atoms with Crippen LogP contribution in [0, 0.1) is 0 Å². The molecule has 0 spiro atoms. The van der Waals surface area contributed by atoms with E-state index in [0.29, 0.717) is 5.69 Å². The number of nitrogen functional groups attached to an aromatic ring is 2. The summed E-state index contributed by atoms with van der Waals surface area (Å²) < 4.78 is 0. The van der Waals surface area contributed by atoms with Crippen molar-refractivity contribution in [3.63, 3.8) is 0 Å². The number of nitrogens with zero attached hydrogens (tertiary/aromatic N) is 1. The molecule has 3 aromatic rings. The number of anilines is 2. The van der Waals surface area contributed by atoms with Crippen molar-refractivity contribution in [3.8, 4) is 0 Å². The molecule has 0 saturated carbocycles. The second kappa shape index (κ2) is 3.10. The first-order chi connectivity index (χ1) is 7.72. The summed E-state index contributed by atoms with van der Waals surface area (Å²) in [5.74, 6) is 0. The Labute approximate surface area is 92.7 Å². The molecule has 3 nitrogen and oxygen atoms in total. The molecule has 0 atom stereocenters. The Bertz CT molecular complexity index is 628. The van der Waals surface area contributed by atoms with Gasteiger partial charge in [-0.05, 0) is 41.1 Å². The van der Waals surface area contributed by atoms with E-state index in [9.17, 15) is 0 Å². The Morgan fingerprint density at radius 3 is 2.44 bits per heavy atom. The molecule has 0 bridgehead atoms. The molecule has 0 fully saturated rings. The number of rotatable bonds is 0. The summed E-state index contributed by atoms with van der Waals surface area (Å²) in [4.78, 5) is 4.29. The summed E-state index contributed by atoms with van der Waals surface area (Å²) >= 11 is 0. The molecule has 1 aromatic heterocycles. The molecule has 1 heterocycles. The monoisotopic (exact) mass is 209 g/mol. The van der Waals surface area contributed by atoms with Gasteiger partial charge in [0.25, 0.3) is 0 Å². The lowest BCUT2D eigenvalue weighted by Crippen LogP contribution is -1.88. The van der Waals surface area contributed by atoms with Crippen LogP contribution in [-0.2, 0) is 0 Å². The number of nitrogens with two attached hydrogens (primary N) is 2. The summed E-state index contributed by atoms with van der Waals surface area (Å²) in [6, 6.07) is 11.9. The normalized spacial score (nSPS) is 11.0. The van der Waals surface area contributed by atoms with Gasteiger partial charge in [0.05, 0.1) is 17.4 Å². The molecule has 0 aliphatic rings. The van der Waals surface area contributed by atoms with Gasteiger partial charge in [0.15, 0.2) is 0 Å². The van der Waals surface area contributed by atoms with Gasteiger partial charge in [-0.15, -0.1) is 0 Å². The fourth-order valence-electron chi connectivity index (χ4n) is 1.91. The van der Waals surface area contributed by atoms with Crippen molar-refractivity contribution < 1.29 is 0 Å². The van der Waals surface area contributed by atoms with Crippen LogP contribution in [0.4, 0.5) is 11.4 Å². The summed E-state index contributed by atoms with van der Waals surface area (Å²) in [6.07, 6.45) is 1.67. The standard InChI is InChI=1S/C13H11N3/c14-11-2-1-8-3-10-5-12(15)7-16-13(10)6-9(8)4-11/h1-7H,14-15H2. The molecule has 0 aliphatic heterocycles. The minimum absolute atomic E-state index is 0.683. The molecule has 3 heteroatoms. The zero-order valence-electron chi connectivity index (χ0n) is 8.64. The van der Waals surface area contributed by atoms with E-state index in [1.807, 2.05) is 30.3 Å². The lowest BCUT2D eigenvalue weighted by Gasteiger charge is -2.03. The van der Waals surface area contributed by atoms with Gasteiger partial charge in [-0.25, -0.2) is 0 Å².